The highest BCUT2D eigenvalue weighted by Gasteiger charge is 2.19. The highest BCUT2D eigenvalue weighted by atomic mass is 16.6. The zero-order chi connectivity index (χ0) is 14.3. The predicted molar refractivity (Wildman–Crippen MR) is 72.5 cm³/mol. The molecule has 3 heterocycles. The number of aromatic nitrogens is 3. The van der Waals surface area contributed by atoms with Gasteiger partial charge in [-0.2, -0.15) is 0 Å². The molecule has 0 aliphatic heterocycles. The summed E-state index contributed by atoms with van der Waals surface area (Å²) in [6, 6.07) is 5.36. The van der Waals surface area contributed by atoms with Crippen molar-refractivity contribution in [2.45, 2.75) is 0 Å². The zero-order valence-electron chi connectivity index (χ0n) is 10.5. The van der Waals surface area contributed by atoms with Gasteiger partial charge in [0.15, 0.2) is 11.1 Å². The lowest BCUT2D eigenvalue weighted by atomic mass is 10.2. The molecule has 20 heavy (non-hydrogen) atoms. The van der Waals surface area contributed by atoms with Crippen LogP contribution in [0.3, 0.4) is 0 Å². The smallest absolute Gasteiger partial charge is 0.311 e. The van der Waals surface area contributed by atoms with Gasteiger partial charge in [0.2, 0.25) is 0 Å². The Morgan fingerprint density at radius 3 is 2.95 bits per heavy atom. The van der Waals surface area contributed by atoms with E-state index in [2.05, 4.69) is 15.3 Å². The lowest BCUT2D eigenvalue weighted by Crippen LogP contribution is -2.14. The van der Waals surface area contributed by atoms with Gasteiger partial charge in [0, 0.05) is 13.2 Å². The van der Waals surface area contributed by atoms with Crippen molar-refractivity contribution in [2.75, 3.05) is 12.4 Å². The van der Waals surface area contributed by atoms with Gasteiger partial charge in [-0.05, 0) is 12.1 Å². The minimum Gasteiger partial charge on any atom is -0.382 e. The van der Waals surface area contributed by atoms with Crippen LogP contribution in [0.2, 0.25) is 0 Å². The number of anilines is 1. The summed E-state index contributed by atoms with van der Waals surface area (Å²) in [5, 5.41) is 22.1. The molecule has 0 aliphatic rings. The zero-order valence-corrected chi connectivity index (χ0v) is 10.5. The van der Waals surface area contributed by atoms with Gasteiger partial charge in [-0.15, -0.1) is 0 Å². The third-order valence-electron chi connectivity index (χ3n) is 3.02. The molecule has 0 aliphatic carbocycles. The fraction of sp³-hybridized carbons (Fsp3) is 0.0833. The minimum absolute atomic E-state index is 0.0493. The number of fused-ring (bicyclic) bond motifs is 3. The molecule has 0 saturated heterocycles. The molecule has 2 N–H and O–H groups in total. The van der Waals surface area contributed by atoms with Crippen molar-refractivity contribution >= 4 is 28.1 Å². The normalized spacial score (nSPS) is 10.8. The van der Waals surface area contributed by atoms with E-state index in [0.717, 1.165) is 0 Å². The molecule has 0 radical (unpaired) electrons. The van der Waals surface area contributed by atoms with Crippen molar-refractivity contribution in [1.29, 1.82) is 5.41 Å². The molecule has 0 saturated carbocycles. The van der Waals surface area contributed by atoms with E-state index in [1.807, 2.05) is 0 Å². The van der Waals surface area contributed by atoms with E-state index in [4.69, 9.17) is 5.41 Å². The number of hydrogen-bond donors (Lipinski definition) is 2. The van der Waals surface area contributed by atoms with Gasteiger partial charge in [-0.1, -0.05) is 6.07 Å². The van der Waals surface area contributed by atoms with Crippen molar-refractivity contribution in [2.24, 2.45) is 0 Å². The average Bonchev–Trinajstić information content (AvgIpc) is 2.45. The van der Waals surface area contributed by atoms with Gasteiger partial charge in [0.05, 0.1) is 10.3 Å². The first-order chi connectivity index (χ1) is 9.63. The van der Waals surface area contributed by atoms with Gasteiger partial charge < -0.3 is 5.32 Å². The summed E-state index contributed by atoms with van der Waals surface area (Å²) in [6.45, 7) is 0. The summed E-state index contributed by atoms with van der Waals surface area (Å²) in [7, 11) is 1.57. The summed E-state index contributed by atoms with van der Waals surface area (Å²) in [6.07, 6.45) is 2.94. The van der Waals surface area contributed by atoms with Gasteiger partial charge in [0.1, 0.15) is 17.5 Å². The lowest BCUT2D eigenvalue weighted by molar-refractivity contribution is -0.384. The van der Waals surface area contributed by atoms with E-state index in [0.29, 0.717) is 16.7 Å². The van der Waals surface area contributed by atoms with Crippen LogP contribution in [0.4, 0.5) is 11.4 Å². The van der Waals surface area contributed by atoms with Crippen molar-refractivity contribution < 1.29 is 4.92 Å². The molecule has 0 fully saturated rings. The van der Waals surface area contributed by atoms with E-state index in [9.17, 15) is 10.1 Å². The maximum atomic E-state index is 11.0. The number of nitrogens with zero attached hydrogens (tertiary/aromatic N) is 4. The average molecular weight is 270 g/mol. The van der Waals surface area contributed by atoms with Gasteiger partial charge in [0.25, 0.3) is 0 Å². The number of hydrogen-bond acceptors (Lipinski definition) is 6. The highest BCUT2D eigenvalue weighted by molar-refractivity contribution is 5.93. The van der Waals surface area contributed by atoms with Crippen LogP contribution in [0.1, 0.15) is 0 Å². The largest absolute Gasteiger partial charge is 0.382 e. The molecule has 3 rings (SSSR count). The summed E-state index contributed by atoms with van der Waals surface area (Å²) >= 11 is 0. The summed E-state index contributed by atoms with van der Waals surface area (Å²) < 4.78 is 1.69. The van der Waals surface area contributed by atoms with E-state index in [1.165, 1.54) is 6.20 Å². The molecule has 3 aromatic heterocycles. The van der Waals surface area contributed by atoms with Gasteiger partial charge in [-0.3, -0.25) is 19.9 Å². The molecule has 0 spiro atoms. The topological polar surface area (TPSA) is 109 Å². The molecule has 0 bridgehead atoms. The first-order valence-electron chi connectivity index (χ1n) is 5.80. The third-order valence-corrected chi connectivity index (χ3v) is 3.02. The van der Waals surface area contributed by atoms with Crippen LogP contribution >= 0.6 is 0 Å². The lowest BCUT2D eigenvalue weighted by Gasteiger charge is -2.09. The quantitative estimate of drug-likeness (QED) is 0.414. The van der Waals surface area contributed by atoms with E-state index >= 15 is 0 Å². The van der Waals surface area contributed by atoms with Crippen LogP contribution in [0, 0.1) is 15.5 Å². The molecule has 0 atom stereocenters. The van der Waals surface area contributed by atoms with Crippen LogP contribution < -0.4 is 10.8 Å². The molecular weight excluding hydrogens is 260 g/mol. The second-order valence-electron chi connectivity index (χ2n) is 4.11. The van der Waals surface area contributed by atoms with E-state index in [1.54, 1.807) is 35.8 Å². The van der Waals surface area contributed by atoms with E-state index in [-0.39, 0.29) is 16.9 Å². The van der Waals surface area contributed by atoms with Crippen LogP contribution in [0.5, 0.6) is 0 Å². The Hall–Kier alpha value is -3.03. The molecule has 0 amide bonds. The maximum absolute atomic E-state index is 11.0. The molecule has 0 aromatic carbocycles. The number of nitrogens with one attached hydrogen (secondary N) is 2. The fourth-order valence-corrected chi connectivity index (χ4v) is 2.16. The molecule has 3 aromatic rings. The summed E-state index contributed by atoms with van der Waals surface area (Å²) in [4.78, 5) is 18.8. The first-order valence-corrected chi connectivity index (χ1v) is 5.80. The van der Waals surface area contributed by atoms with Crippen LogP contribution in [-0.2, 0) is 0 Å². The molecule has 8 nitrogen and oxygen atoms in total. The fourth-order valence-electron chi connectivity index (χ4n) is 2.16. The van der Waals surface area contributed by atoms with Crippen LogP contribution in [0.25, 0.3) is 16.7 Å². The highest BCUT2D eigenvalue weighted by Crippen LogP contribution is 2.28. The monoisotopic (exact) mass is 270 g/mol. The third kappa shape index (κ3) is 1.58. The standard InChI is InChI=1S/C12H10N6O2/c1-14-10-7(18(19)20)6-15-12-9(10)11(13)16-8-4-2-3-5-17(8)12/h2-6,13H,1H3,(H,14,15). The Morgan fingerprint density at radius 2 is 2.25 bits per heavy atom. The SMILES string of the molecule is CNc1c([N+](=O)[O-])cnc2c1c(=N)nc1ccccn12. The first kappa shape index (κ1) is 12.0. The van der Waals surface area contributed by atoms with Gasteiger partial charge >= 0.3 is 5.69 Å². The second-order valence-corrected chi connectivity index (χ2v) is 4.11. The molecule has 0 unspecified atom stereocenters. The Morgan fingerprint density at radius 1 is 1.45 bits per heavy atom. The Labute approximate surface area is 112 Å². The van der Waals surface area contributed by atoms with E-state index < -0.39 is 4.92 Å². The van der Waals surface area contributed by atoms with Crippen molar-refractivity contribution in [3.05, 3.63) is 46.2 Å². The maximum Gasteiger partial charge on any atom is 0.311 e. The number of pyridine rings is 2. The molecular formula is C12H10N6O2. The predicted octanol–water partition coefficient (Wildman–Crippen LogP) is 1.31. The Kier molecular flexibility index (Phi) is 2.56. The second kappa shape index (κ2) is 4.26. The van der Waals surface area contributed by atoms with Crippen LogP contribution in [0.15, 0.2) is 30.6 Å². The molecule has 100 valence electrons. The molecule has 8 heteroatoms. The number of nitro groups is 1. The summed E-state index contributed by atoms with van der Waals surface area (Å²) in [5.74, 6) is 0. The Bertz CT molecular complexity index is 901. The summed E-state index contributed by atoms with van der Waals surface area (Å²) in [5.41, 5.74) is 1.04. The van der Waals surface area contributed by atoms with Crippen molar-refractivity contribution in [1.82, 2.24) is 14.4 Å². The Balaban J connectivity index is 2.58. The number of rotatable bonds is 2. The van der Waals surface area contributed by atoms with Crippen molar-refractivity contribution in [3.8, 4) is 0 Å². The minimum atomic E-state index is -0.530. The van der Waals surface area contributed by atoms with Gasteiger partial charge in [-0.25, -0.2) is 9.97 Å². The van der Waals surface area contributed by atoms with Crippen LogP contribution in [-0.4, -0.2) is 26.3 Å². The van der Waals surface area contributed by atoms with Crippen molar-refractivity contribution in [3.63, 3.8) is 0 Å².